The molecular weight excluding hydrogens is 248 g/mol. The van der Waals surface area contributed by atoms with E-state index in [4.69, 9.17) is 10.00 Å². The summed E-state index contributed by atoms with van der Waals surface area (Å²) in [6.45, 7) is 8.88. The Bertz CT molecular complexity index is 466. The fourth-order valence-electron chi connectivity index (χ4n) is 2.71. The standard InChI is InChI=1S/C17H24N2O/c1-14-8-10-19(13-15(14)2)9-5-11-20-17-7-4-3-6-16(17)12-18/h3-4,6-7,14-15H,5,8-11,13H2,1-2H3/t14-,15+/m0/s1. The highest BCUT2D eigenvalue weighted by Crippen LogP contribution is 2.22. The average molecular weight is 272 g/mol. The van der Waals surface area contributed by atoms with Crippen LogP contribution >= 0.6 is 0 Å². The molecule has 0 unspecified atom stereocenters. The summed E-state index contributed by atoms with van der Waals surface area (Å²) in [6, 6.07) is 9.59. The van der Waals surface area contributed by atoms with Gasteiger partial charge in [0.1, 0.15) is 11.8 Å². The Balaban J connectivity index is 1.71. The van der Waals surface area contributed by atoms with E-state index < -0.39 is 0 Å². The highest BCUT2D eigenvalue weighted by atomic mass is 16.5. The van der Waals surface area contributed by atoms with Gasteiger partial charge in [-0.3, -0.25) is 0 Å². The van der Waals surface area contributed by atoms with Crippen molar-refractivity contribution in [3.05, 3.63) is 29.8 Å². The van der Waals surface area contributed by atoms with Gasteiger partial charge in [0.15, 0.2) is 0 Å². The first-order valence-electron chi connectivity index (χ1n) is 7.55. The fourth-order valence-corrected chi connectivity index (χ4v) is 2.71. The first kappa shape index (κ1) is 14.9. The zero-order valence-electron chi connectivity index (χ0n) is 12.5. The number of benzene rings is 1. The van der Waals surface area contributed by atoms with Crippen LogP contribution in [-0.4, -0.2) is 31.1 Å². The van der Waals surface area contributed by atoms with E-state index in [-0.39, 0.29) is 0 Å². The lowest BCUT2D eigenvalue weighted by atomic mass is 9.89. The maximum atomic E-state index is 8.99. The second-order valence-corrected chi connectivity index (χ2v) is 5.85. The Hall–Kier alpha value is -1.53. The summed E-state index contributed by atoms with van der Waals surface area (Å²) in [4.78, 5) is 2.53. The van der Waals surface area contributed by atoms with Crippen molar-refractivity contribution in [1.29, 1.82) is 5.26 Å². The molecule has 108 valence electrons. The lowest BCUT2D eigenvalue weighted by molar-refractivity contribution is 0.130. The monoisotopic (exact) mass is 272 g/mol. The Kier molecular flexibility index (Phi) is 5.43. The molecule has 3 nitrogen and oxygen atoms in total. The van der Waals surface area contributed by atoms with E-state index in [2.05, 4.69) is 24.8 Å². The van der Waals surface area contributed by atoms with E-state index in [1.807, 2.05) is 18.2 Å². The van der Waals surface area contributed by atoms with E-state index >= 15 is 0 Å². The maximum absolute atomic E-state index is 8.99. The van der Waals surface area contributed by atoms with Gasteiger partial charge in [-0.1, -0.05) is 26.0 Å². The Morgan fingerprint density at radius 3 is 2.85 bits per heavy atom. The molecule has 2 atom stereocenters. The first-order valence-corrected chi connectivity index (χ1v) is 7.55. The van der Waals surface area contributed by atoms with Crippen LogP contribution in [0.3, 0.4) is 0 Å². The van der Waals surface area contributed by atoms with Crippen molar-refractivity contribution in [3.8, 4) is 11.8 Å². The predicted octanol–water partition coefficient (Wildman–Crippen LogP) is 3.31. The van der Waals surface area contributed by atoms with Gasteiger partial charge in [0.2, 0.25) is 0 Å². The van der Waals surface area contributed by atoms with Crippen LogP contribution in [0.1, 0.15) is 32.3 Å². The molecule has 1 aromatic carbocycles. The molecule has 0 bridgehead atoms. The van der Waals surface area contributed by atoms with Crippen molar-refractivity contribution in [2.75, 3.05) is 26.2 Å². The van der Waals surface area contributed by atoms with Crippen LogP contribution < -0.4 is 4.74 Å². The normalized spacial score (nSPS) is 23.2. The largest absolute Gasteiger partial charge is 0.492 e. The molecule has 1 saturated heterocycles. The molecule has 0 N–H and O–H groups in total. The third-order valence-electron chi connectivity index (χ3n) is 4.30. The van der Waals surface area contributed by atoms with Gasteiger partial charge in [0, 0.05) is 13.1 Å². The van der Waals surface area contributed by atoms with Gasteiger partial charge >= 0.3 is 0 Å². The minimum absolute atomic E-state index is 0.618. The topological polar surface area (TPSA) is 36.3 Å². The minimum Gasteiger partial charge on any atom is -0.492 e. The second-order valence-electron chi connectivity index (χ2n) is 5.85. The molecule has 0 amide bonds. The molecule has 0 aliphatic carbocycles. The van der Waals surface area contributed by atoms with E-state index in [1.165, 1.54) is 19.5 Å². The van der Waals surface area contributed by atoms with E-state index in [1.54, 1.807) is 6.07 Å². The van der Waals surface area contributed by atoms with Crippen molar-refractivity contribution < 1.29 is 4.74 Å². The average Bonchev–Trinajstić information content (AvgIpc) is 2.47. The summed E-state index contributed by atoms with van der Waals surface area (Å²) in [7, 11) is 0. The Labute approximate surface area is 122 Å². The van der Waals surface area contributed by atoms with Crippen LogP contribution in [0.25, 0.3) is 0 Å². The molecule has 1 heterocycles. The molecule has 0 aromatic heterocycles. The van der Waals surface area contributed by atoms with Crippen LogP contribution in [0.5, 0.6) is 5.75 Å². The van der Waals surface area contributed by atoms with E-state index in [9.17, 15) is 0 Å². The molecule has 3 heteroatoms. The molecule has 2 rings (SSSR count). The van der Waals surface area contributed by atoms with Crippen LogP contribution in [0.2, 0.25) is 0 Å². The second kappa shape index (κ2) is 7.31. The lowest BCUT2D eigenvalue weighted by Crippen LogP contribution is -2.39. The number of likely N-dealkylation sites (tertiary alicyclic amines) is 1. The van der Waals surface area contributed by atoms with Crippen LogP contribution in [-0.2, 0) is 0 Å². The van der Waals surface area contributed by atoms with Crippen LogP contribution in [0.15, 0.2) is 24.3 Å². The maximum Gasteiger partial charge on any atom is 0.137 e. The number of hydrogen-bond donors (Lipinski definition) is 0. The van der Waals surface area contributed by atoms with Gasteiger partial charge in [0.05, 0.1) is 12.2 Å². The third-order valence-corrected chi connectivity index (χ3v) is 4.30. The summed E-state index contributed by atoms with van der Waals surface area (Å²) in [5.74, 6) is 2.35. The van der Waals surface area contributed by atoms with Gasteiger partial charge in [-0.2, -0.15) is 5.26 Å². The van der Waals surface area contributed by atoms with Gasteiger partial charge in [0.25, 0.3) is 0 Å². The third kappa shape index (κ3) is 3.98. The first-order chi connectivity index (χ1) is 9.70. The molecule has 1 aliphatic heterocycles. The summed E-state index contributed by atoms with van der Waals surface area (Å²) >= 11 is 0. The van der Waals surface area contributed by atoms with E-state index in [0.29, 0.717) is 17.9 Å². The predicted molar refractivity (Wildman–Crippen MR) is 80.7 cm³/mol. The summed E-state index contributed by atoms with van der Waals surface area (Å²) in [5, 5.41) is 8.99. The number of hydrogen-bond acceptors (Lipinski definition) is 3. The molecule has 1 fully saturated rings. The lowest BCUT2D eigenvalue weighted by Gasteiger charge is -2.35. The van der Waals surface area contributed by atoms with Crippen molar-refractivity contribution >= 4 is 0 Å². The smallest absolute Gasteiger partial charge is 0.137 e. The highest BCUT2D eigenvalue weighted by molar-refractivity contribution is 5.42. The van der Waals surface area contributed by atoms with Crippen molar-refractivity contribution in [2.45, 2.75) is 26.7 Å². The van der Waals surface area contributed by atoms with Crippen LogP contribution in [0.4, 0.5) is 0 Å². The Morgan fingerprint density at radius 2 is 2.10 bits per heavy atom. The van der Waals surface area contributed by atoms with Gasteiger partial charge in [-0.25, -0.2) is 0 Å². The summed E-state index contributed by atoms with van der Waals surface area (Å²) in [5.41, 5.74) is 0.618. The quantitative estimate of drug-likeness (QED) is 0.772. The Morgan fingerprint density at radius 1 is 1.30 bits per heavy atom. The number of rotatable bonds is 5. The molecule has 0 radical (unpaired) electrons. The molecule has 0 saturated carbocycles. The van der Waals surface area contributed by atoms with Crippen molar-refractivity contribution in [2.24, 2.45) is 11.8 Å². The number of nitrogens with zero attached hydrogens (tertiary/aromatic N) is 2. The van der Waals surface area contributed by atoms with Gasteiger partial charge in [-0.15, -0.1) is 0 Å². The zero-order valence-corrected chi connectivity index (χ0v) is 12.5. The SMILES string of the molecule is C[C@@H]1CN(CCCOc2ccccc2C#N)CC[C@@H]1C. The fraction of sp³-hybridized carbons (Fsp3) is 0.588. The molecule has 20 heavy (non-hydrogen) atoms. The number of nitriles is 1. The molecule has 0 spiro atoms. The summed E-state index contributed by atoms with van der Waals surface area (Å²) in [6.07, 6.45) is 2.32. The zero-order chi connectivity index (χ0) is 14.4. The van der Waals surface area contributed by atoms with Gasteiger partial charge in [-0.05, 0) is 43.4 Å². The molecule has 1 aromatic rings. The summed E-state index contributed by atoms with van der Waals surface area (Å²) < 4.78 is 5.72. The molecule has 1 aliphatic rings. The van der Waals surface area contributed by atoms with Crippen molar-refractivity contribution in [3.63, 3.8) is 0 Å². The van der Waals surface area contributed by atoms with E-state index in [0.717, 1.165) is 24.8 Å². The van der Waals surface area contributed by atoms with Gasteiger partial charge < -0.3 is 9.64 Å². The number of piperidine rings is 1. The minimum atomic E-state index is 0.618. The van der Waals surface area contributed by atoms with Crippen LogP contribution in [0, 0.1) is 23.2 Å². The number of ether oxygens (including phenoxy) is 1. The molecular formula is C17H24N2O. The van der Waals surface area contributed by atoms with Crippen molar-refractivity contribution in [1.82, 2.24) is 4.90 Å². The highest BCUT2D eigenvalue weighted by Gasteiger charge is 2.21. The number of para-hydroxylation sites is 1.